The molecule has 1 aliphatic heterocycles. The molecule has 5 nitrogen and oxygen atoms in total. The zero-order valence-corrected chi connectivity index (χ0v) is 15.6. The molecular formula is C21H26N2O3. The molecule has 1 saturated heterocycles. The summed E-state index contributed by atoms with van der Waals surface area (Å²) in [6, 6.07) is 15.6. The first-order valence-corrected chi connectivity index (χ1v) is 8.90. The van der Waals surface area contributed by atoms with Gasteiger partial charge in [0, 0.05) is 18.7 Å². The molecule has 2 aromatic rings. The van der Waals surface area contributed by atoms with Crippen molar-refractivity contribution in [2.24, 2.45) is 0 Å². The maximum Gasteiger partial charge on any atom is 0.234 e. The third-order valence-electron chi connectivity index (χ3n) is 4.85. The summed E-state index contributed by atoms with van der Waals surface area (Å²) in [7, 11) is 1.63. The molecule has 1 heterocycles. The first kappa shape index (κ1) is 18.3. The van der Waals surface area contributed by atoms with Crippen molar-refractivity contribution in [1.29, 1.82) is 0 Å². The van der Waals surface area contributed by atoms with Crippen LogP contribution in [0.3, 0.4) is 0 Å². The van der Waals surface area contributed by atoms with Gasteiger partial charge >= 0.3 is 0 Å². The highest BCUT2D eigenvalue weighted by Gasteiger charge is 2.33. The van der Waals surface area contributed by atoms with Crippen LogP contribution in [0.2, 0.25) is 0 Å². The molecule has 2 aromatic carbocycles. The summed E-state index contributed by atoms with van der Waals surface area (Å²) in [6.45, 7) is 6.88. The van der Waals surface area contributed by atoms with Crippen LogP contribution in [0.15, 0.2) is 48.5 Å². The Balaban J connectivity index is 1.85. The minimum atomic E-state index is -0.731. The third-order valence-corrected chi connectivity index (χ3v) is 4.85. The maximum absolute atomic E-state index is 13.1. The molecule has 0 unspecified atom stereocenters. The van der Waals surface area contributed by atoms with Gasteiger partial charge in [0.2, 0.25) is 5.91 Å². The number of morpholine rings is 1. The van der Waals surface area contributed by atoms with E-state index in [0.29, 0.717) is 19.0 Å². The number of nitrogens with zero attached hydrogens (tertiary/aromatic N) is 1. The lowest BCUT2D eigenvalue weighted by Gasteiger charge is -2.32. The second kappa shape index (κ2) is 7.79. The number of hydrogen-bond donors (Lipinski definition) is 1. The Morgan fingerprint density at radius 1 is 1.08 bits per heavy atom. The fraction of sp³-hybridized carbons (Fsp3) is 0.381. The molecule has 1 aliphatic rings. The van der Waals surface area contributed by atoms with Crippen LogP contribution >= 0.6 is 0 Å². The van der Waals surface area contributed by atoms with Gasteiger partial charge in [-0.05, 0) is 32.0 Å². The van der Waals surface area contributed by atoms with Crippen molar-refractivity contribution in [3.05, 3.63) is 54.1 Å². The number of methoxy groups -OCH3 is 1. The van der Waals surface area contributed by atoms with Crippen LogP contribution in [0.4, 0.5) is 11.4 Å². The topological polar surface area (TPSA) is 50.8 Å². The number of ether oxygens (including phenoxy) is 2. The van der Waals surface area contributed by atoms with Gasteiger partial charge in [-0.3, -0.25) is 4.79 Å². The molecule has 0 radical (unpaired) electrons. The molecule has 3 rings (SSSR count). The summed E-state index contributed by atoms with van der Waals surface area (Å²) in [5.74, 6) is 0.650. The summed E-state index contributed by atoms with van der Waals surface area (Å²) < 4.78 is 10.9. The zero-order valence-electron chi connectivity index (χ0n) is 15.6. The number of nitrogens with one attached hydrogen (secondary N) is 1. The van der Waals surface area contributed by atoms with E-state index in [1.54, 1.807) is 7.11 Å². The van der Waals surface area contributed by atoms with E-state index in [0.717, 1.165) is 30.0 Å². The van der Waals surface area contributed by atoms with E-state index in [1.165, 1.54) is 0 Å². The number of carbonyl (C=O) groups is 1. The average molecular weight is 354 g/mol. The third kappa shape index (κ3) is 3.68. The first-order chi connectivity index (χ1) is 12.5. The van der Waals surface area contributed by atoms with Crippen LogP contribution in [-0.2, 0) is 14.9 Å². The van der Waals surface area contributed by atoms with E-state index in [2.05, 4.69) is 10.2 Å². The molecule has 0 atom stereocenters. The van der Waals surface area contributed by atoms with Gasteiger partial charge in [-0.2, -0.15) is 0 Å². The Kier molecular flexibility index (Phi) is 5.47. The summed E-state index contributed by atoms with van der Waals surface area (Å²) in [4.78, 5) is 15.4. The zero-order chi connectivity index (χ0) is 18.6. The minimum Gasteiger partial charge on any atom is -0.496 e. The molecule has 0 aliphatic carbocycles. The number of benzene rings is 2. The van der Waals surface area contributed by atoms with Gasteiger partial charge in [0.05, 0.1) is 37.1 Å². The van der Waals surface area contributed by atoms with E-state index in [4.69, 9.17) is 9.47 Å². The lowest BCUT2D eigenvalue weighted by Crippen LogP contribution is -2.38. The standard InChI is InChI=1S/C21H26N2O3/c1-21(2,16-8-4-7-11-19(16)25-3)20(24)22-17-9-5-6-10-18(17)23-12-14-26-15-13-23/h4-11H,12-15H2,1-3H3,(H,22,24). The summed E-state index contributed by atoms with van der Waals surface area (Å²) in [6.07, 6.45) is 0. The van der Waals surface area contributed by atoms with Crippen LogP contribution in [0.1, 0.15) is 19.4 Å². The fourth-order valence-electron chi connectivity index (χ4n) is 3.22. The quantitative estimate of drug-likeness (QED) is 0.894. The van der Waals surface area contributed by atoms with Crippen molar-refractivity contribution >= 4 is 17.3 Å². The number of rotatable bonds is 5. The molecule has 0 spiro atoms. The Morgan fingerprint density at radius 3 is 2.46 bits per heavy atom. The van der Waals surface area contributed by atoms with Crippen LogP contribution in [-0.4, -0.2) is 39.3 Å². The minimum absolute atomic E-state index is 0.0669. The van der Waals surface area contributed by atoms with E-state index in [1.807, 2.05) is 62.4 Å². The molecule has 0 saturated carbocycles. The molecule has 26 heavy (non-hydrogen) atoms. The Hall–Kier alpha value is -2.53. The SMILES string of the molecule is COc1ccccc1C(C)(C)C(=O)Nc1ccccc1N1CCOCC1. The van der Waals surface area contributed by atoms with Gasteiger partial charge in [0.15, 0.2) is 0 Å². The monoisotopic (exact) mass is 354 g/mol. The first-order valence-electron chi connectivity index (χ1n) is 8.90. The number of anilines is 2. The normalized spacial score (nSPS) is 14.8. The van der Waals surface area contributed by atoms with Crippen molar-refractivity contribution in [2.75, 3.05) is 43.6 Å². The van der Waals surface area contributed by atoms with Crippen molar-refractivity contribution in [3.63, 3.8) is 0 Å². The van der Waals surface area contributed by atoms with Crippen LogP contribution in [0.5, 0.6) is 5.75 Å². The molecule has 0 bridgehead atoms. The lowest BCUT2D eigenvalue weighted by atomic mass is 9.83. The summed E-state index contributed by atoms with van der Waals surface area (Å²) in [5.41, 5.74) is 1.98. The molecule has 138 valence electrons. The summed E-state index contributed by atoms with van der Waals surface area (Å²) >= 11 is 0. The van der Waals surface area contributed by atoms with E-state index < -0.39 is 5.41 Å². The fourth-order valence-corrected chi connectivity index (χ4v) is 3.22. The number of amides is 1. The van der Waals surface area contributed by atoms with Crippen LogP contribution < -0.4 is 15.0 Å². The number of carbonyl (C=O) groups excluding carboxylic acids is 1. The van der Waals surface area contributed by atoms with Crippen molar-refractivity contribution in [3.8, 4) is 5.75 Å². The maximum atomic E-state index is 13.1. The Morgan fingerprint density at radius 2 is 1.73 bits per heavy atom. The molecular weight excluding hydrogens is 328 g/mol. The second-order valence-corrected chi connectivity index (χ2v) is 6.90. The van der Waals surface area contributed by atoms with Gasteiger partial charge < -0.3 is 19.7 Å². The average Bonchev–Trinajstić information content (AvgIpc) is 2.69. The highest BCUT2D eigenvalue weighted by Crippen LogP contribution is 2.34. The molecule has 5 heteroatoms. The Labute approximate surface area is 154 Å². The van der Waals surface area contributed by atoms with Crippen molar-refractivity contribution < 1.29 is 14.3 Å². The predicted octanol–water partition coefficient (Wildman–Crippen LogP) is 3.45. The van der Waals surface area contributed by atoms with Gasteiger partial charge in [0.25, 0.3) is 0 Å². The Bertz CT molecular complexity index is 767. The highest BCUT2D eigenvalue weighted by molar-refractivity contribution is 6.01. The number of para-hydroxylation sites is 3. The molecule has 0 aromatic heterocycles. The molecule has 1 N–H and O–H groups in total. The van der Waals surface area contributed by atoms with E-state index in [-0.39, 0.29) is 5.91 Å². The van der Waals surface area contributed by atoms with Crippen LogP contribution in [0.25, 0.3) is 0 Å². The highest BCUT2D eigenvalue weighted by atomic mass is 16.5. The van der Waals surface area contributed by atoms with Gasteiger partial charge in [-0.25, -0.2) is 0 Å². The van der Waals surface area contributed by atoms with E-state index in [9.17, 15) is 4.79 Å². The van der Waals surface area contributed by atoms with Crippen molar-refractivity contribution in [1.82, 2.24) is 0 Å². The second-order valence-electron chi connectivity index (χ2n) is 6.90. The van der Waals surface area contributed by atoms with Gasteiger partial charge in [-0.1, -0.05) is 30.3 Å². The molecule has 1 amide bonds. The van der Waals surface area contributed by atoms with E-state index >= 15 is 0 Å². The lowest BCUT2D eigenvalue weighted by molar-refractivity contribution is -0.120. The van der Waals surface area contributed by atoms with Crippen LogP contribution in [0, 0.1) is 0 Å². The smallest absolute Gasteiger partial charge is 0.234 e. The van der Waals surface area contributed by atoms with Gasteiger partial charge in [-0.15, -0.1) is 0 Å². The van der Waals surface area contributed by atoms with Gasteiger partial charge in [0.1, 0.15) is 5.75 Å². The largest absolute Gasteiger partial charge is 0.496 e. The summed E-state index contributed by atoms with van der Waals surface area (Å²) in [5, 5.41) is 3.12. The predicted molar refractivity (Wildman–Crippen MR) is 104 cm³/mol. The number of hydrogen-bond acceptors (Lipinski definition) is 4. The molecule has 1 fully saturated rings. The van der Waals surface area contributed by atoms with Crippen molar-refractivity contribution in [2.45, 2.75) is 19.3 Å².